The molecule has 0 unspecified atom stereocenters. The van der Waals surface area contributed by atoms with Crippen LogP contribution in [0.25, 0.3) is 0 Å². The minimum absolute atomic E-state index is 0.692. The van der Waals surface area contributed by atoms with Gasteiger partial charge in [-0.3, -0.25) is 0 Å². The molecule has 0 atom stereocenters. The molecule has 0 bridgehead atoms. The van der Waals surface area contributed by atoms with Gasteiger partial charge in [0.05, 0.1) is 12.4 Å². The minimum Gasteiger partial charge on any atom is -0.159 e. The Morgan fingerprint density at radius 2 is 1.91 bits per heavy atom. The topological polar surface area (TPSA) is 25.8 Å². The number of hydrogen-bond donors (Lipinski definition) is 0. The van der Waals surface area contributed by atoms with E-state index in [9.17, 15) is 0 Å². The van der Waals surface area contributed by atoms with Crippen LogP contribution in [0.5, 0.6) is 0 Å². The molecule has 0 aliphatic rings. The summed E-state index contributed by atoms with van der Waals surface area (Å²) in [5.41, 5.74) is 2.56. The van der Waals surface area contributed by atoms with Crippen molar-refractivity contribution in [2.45, 2.75) is 27.2 Å². The molecule has 0 aliphatic carbocycles. The number of aromatic nitrogens is 2. The molecule has 0 aromatic carbocycles. The van der Waals surface area contributed by atoms with Crippen molar-refractivity contribution >= 4 is 0 Å². The van der Waals surface area contributed by atoms with Crippen LogP contribution in [0.2, 0.25) is 0 Å². The van der Waals surface area contributed by atoms with Crippen LogP contribution in [0, 0.1) is 12.8 Å². The maximum absolute atomic E-state index is 3.85. The Balaban J connectivity index is 2.78. The molecule has 11 heavy (non-hydrogen) atoms. The predicted molar refractivity (Wildman–Crippen MR) is 45.3 cm³/mol. The van der Waals surface area contributed by atoms with Gasteiger partial charge in [-0.15, -0.1) is 0 Å². The molecule has 0 saturated carbocycles. The van der Waals surface area contributed by atoms with Gasteiger partial charge in [-0.2, -0.15) is 10.2 Å². The lowest BCUT2D eigenvalue weighted by Crippen LogP contribution is -1.98. The first kappa shape index (κ1) is 8.18. The Labute approximate surface area is 67.7 Å². The normalized spacial score (nSPS) is 10.5. The van der Waals surface area contributed by atoms with Crippen LogP contribution < -0.4 is 0 Å². The molecule has 0 fully saturated rings. The Kier molecular flexibility index (Phi) is 2.58. The van der Waals surface area contributed by atoms with E-state index < -0.39 is 0 Å². The number of nitrogens with zero attached hydrogens (tertiary/aromatic N) is 2. The summed E-state index contributed by atoms with van der Waals surface area (Å²) in [5.74, 6) is 0.692. The summed E-state index contributed by atoms with van der Waals surface area (Å²) in [5, 5.41) is 7.65. The van der Waals surface area contributed by atoms with Crippen molar-refractivity contribution in [1.82, 2.24) is 10.2 Å². The SMILES string of the molecule is Cc1cnncc1CC(C)C. The maximum Gasteiger partial charge on any atom is 0.0530 e. The molecule has 0 amide bonds. The van der Waals surface area contributed by atoms with E-state index in [4.69, 9.17) is 0 Å². The summed E-state index contributed by atoms with van der Waals surface area (Å²) in [6.45, 7) is 6.49. The van der Waals surface area contributed by atoms with Gasteiger partial charge in [0, 0.05) is 0 Å². The molecule has 60 valence electrons. The molecule has 0 saturated heterocycles. The van der Waals surface area contributed by atoms with E-state index in [0.29, 0.717) is 5.92 Å². The number of aryl methyl sites for hydroxylation is 1. The van der Waals surface area contributed by atoms with Crippen molar-refractivity contribution in [3.8, 4) is 0 Å². The highest BCUT2D eigenvalue weighted by molar-refractivity contribution is 5.18. The van der Waals surface area contributed by atoms with Crippen molar-refractivity contribution in [2.75, 3.05) is 0 Å². The van der Waals surface area contributed by atoms with E-state index in [0.717, 1.165) is 6.42 Å². The molecule has 2 nitrogen and oxygen atoms in total. The summed E-state index contributed by atoms with van der Waals surface area (Å²) in [6.07, 6.45) is 4.77. The molecule has 0 radical (unpaired) electrons. The summed E-state index contributed by atoms with van der Waals surface area (Å²) in [6, 6.07) is 0. The average Bonchev–Trinajstić information content (AvgIpc) is 1.93. The zero-order chi connectivity index (χ0) is 8.27. The largest absolute Gasteiger partial charge is 0.159 e. The first-order valence-electron chi connectivity index (χ1n) is 3.96. The molecule has 1 heterocycles. The fraction of sp³-hybridized carbons (Fsp3) is 0.556. The quantitative estimate of drug-likeness (QED) is 0.644. The Hall–Kier alpha value is -0.920. The molecule has 0 spiro atoms. The maximum atomic E-state index is 3.85. The first-order chi connectivity index (χ1) is 5.20. The molecule has 0 N–H and O–H groups in total. The lowest BCUT2D eigenvalue weighted by atomic mass is 10.0. The molecule has 1 aromatic rings. The third-order valence-electron chi connectivity index (χ3n) is 1.67. The molecule has 1 rings (SSSR count). The minimum atomic E-state index is 0.692. The fourth-order valence-electron chi connectivity index (χ4n) is 1.06. The van der Waals surface area contributed by atoms with Crippen molar-refractivity contribution in [3.63, 3.8) is 0 Å². The van der Waals surface area contributed by atoms with Crippen LogP contribution in [0.4, 0.5) is 0 Å². The van der Waals surface area contributed by atoms with E-state index in [1.165, 1.54) is 11.1 Å². The zero-order valence-corrected chi connectivity index (χ0v) is 7.33. The fourth-order valence-corrected chi connectivity index (χ4v) is 1.06. The standard InChI is InChI=1S/C9H14N2/c1-7(2)4-9-6-11-10-5-8(9)3/h5-7H,4H2,1-3H3. The Bertz CT molecular complexity index is 231. The second-order valence-electron chi connectivity index (χ2n) is 3.30. The summed E-state index contributed by atoms with van der Waals surface area (Å²) < 4.78 is 0. The van der Waals surface area contributed by atoms with Gasteiger partial charge in [0.2, 0.25) is 0 Å². The van der Waals surface area contributed by atoms with Crippen LogP contribution in [0.15, 0.2) is 12.4 Å². The van der Waals surface area contributed by atoms with Crippen LogP contribution >= 0.6 is 0 Å². The van der Waals surface area contributed by atoms with Crippen LogP contribution in [0.1, 0.15) is 25.0 Å². The third-order valence-corrected chi connectivity index (χ3v) is 1.67. The predicted octanol–water partition coefficient (Wildman–Crippen LogP) is 1.98. The summed E-state index contributed by atoms with van der Waals surface area (Å²) in [4.78, 5) is 0. The van der Waals surface area contributed by atoms with Gasteiger partial charge in [0.1, 0.15) is 0 Å². The molecule has 2 heteroatoms. The van der Waals surface area contributed by atoms with Gasteiger partial charge in [-0.25, -0.2) is 0 Å². The molecular weight excluding hydrogens is 136 g/mol. The van der Waals surface area contributed by atoms with Gasteiger partial charge in [0.25, 0.3) is 0 Å². The zero-order valence-electron chi connectivity index (χ0n) is 7.33. The first-order valence-corrected chi connectivity index (χ1v) is 3.96. The van der Waals surface area contributed by atoms with Gasteiger partial charge >= 0.3 is 0 Å². The Morgan fingerprint density at radius 3 is 2.45 bits per heavy atom. The lowest BCUT2D eigenvalue weighted by molar-refractivity contribution is 0.641. The Morgan fingerprint density at radius 1 is 1.27 bits per heavy atom. The molecule has 0 aliphatic heterocycles. The smallest absolute Gasteiger partial charge is 0.0530 e. The van der Waals surface area contributed by atoms with Gasteiger partial charge in [-0.05, 0) is 30.4 Å². The average molecular weight is 150 g/mol. The van der Waals surface area contributed by atoms with Crippen LogP contribution in [-0.2, 0) is 6.42 Å². The summed E-state index contributed by atoms with van der Waals surface area (Å²) >= 11 is 0. The van der Waals surface area contributed by atoms with E-state index >= 15 is 0 Å². The summed E-state index contributed by atoms with van der Waals surface area (Å²) in [7, 11) is 0. The second-order valence-corrected chi connectivity index (χ2v) is 3.30. The van der Waals surface area contributed by atoms with Gasteiger partial charge in [0.15, 0.2) is 0 Å². The van der Waals surface area contributed by atoms with Crippen molar-refractivity contribution in [2.24, 2.45) is 5.92 Å². The van der Waals surface area contributed by atoms with E-state index in [2.05, 4.69) is 31.0 Å². The number of hydrogen-bond acceptors (Lipinski definition) is 2. The highest BCUT2D eigenvalue weighted by Gasteiger charge is 2.00. The number of rotatable bonds is 2. The molecular formula is C9H14N2. The van der Waals surface area contributed by atoms with Crippen LogP contribution in [-0.4, -0.2) is 10.2 Å². The highest BCUT2D eigenvalue weighted by atomic mass is 15.1. The van der Waals surface area contributed by atoms with Crippen molar-refractivity contribution in [3.05, 3.63) is 23.5 Å². The lowest BCUT2D eigenvalue weighted by Gasteiger charge is -2.05. The van der Waals surface area contributed by atoms with E-state index in [1.54, 1.807) is 0 Å². The molecule has 1 aromatic heterocycles. The third kappa shape index (κ3) is 2.30. The van der Waals surface area contributed by atoms with Crippen LogP contribution in [0.3, 0.4) is 0 Å². The second kappa shape index (κ2) is 3.46. The monoisotopic (exact) mass is 150 g/mol. The van der Waals surface area contributed by atoms with E-state index in [-0.39, 0.29) is 0 Å². The van der Waals surface area contributed by atoms with E-state index in [1.807, 2.05) is 12.4 Å². The van der Waals surface area contributed by atoms with Crippen molar-refractivity contribution < 1.29 is 0 Å². The van der Waals surface area contributed by atoms with Gasteiger partial charge < -0.3 is 0 Å². The highest BCUT2D eigenvalue weighted by Crippen LogP contribution is 2.09. The van der Waals surface area contributed by atoms with Gasteiger partial charge in [-0.1, -0.05) is 13.8 Å². The van der Waals surface area contributed by atoms with Crippen molar-refractivity contribution in [1.29, 1.82) is 0 Å².